The van der Waals surface area contributed by atoms with E-state index in [0.29, 0.717) is 12.1 Å². The van der Waals surface area contributed by atoms with Gasteiger partial charge in [-0.3, -0.25) is 0 Å². The average Bonchev–Trinajstić information content (AvgIpc) is 3.01. The SMILES string of the molecule is C[C@H](NCCS(=O)(=O)c1cccc(C#N)c1)c1cccs1. The Labute approximate surface area is 129 Å². The number of nitrogens with one attached hydrogen (secondary N) is 1. The normalized spacial score (nSPS) is 12.8. The molecule has 2 rings (SSSR count). The summed E-state index contributed by atoms with van der Waals surface area (Å²) >= 11 is 1.64. The minimum Gasteiger partial charge on any atom is -0.308 e. The lowest BCUT2D eigenvalue weighted by atomic mass is 10.2. The largest absolute Gasteiger partial charge is 0.308 e. The van der Waals surface area contributed by atoms with Gasteiger partial charge in [-0.25, -0.2) is 8.42 Å². The quantitative estimate of drug-likeness (QED) is 0.888. The second-order valence-corrected chi connectivity index (χ2v) is 7.74. The Morgan fingerprint density at radius 2 is 2.14 bits per heavy atom. The van der Waals surface area contributed by atoms with Crippen molar-refractivity contribution in [3.05, 3.63) is 52.2 Å². The Balaban J connectivity index is 1.97. The van der Waals surface area contributed by atoms with Crippen molar-refractivity contribution in [2.45, 2.75) is 17.9 Å². The first-order chi connectivity index (χ1) is 10.0. The monoisotopic (exact) mass is 320 g/mol. The predicted molar refractivity (Wildman–Crippen MR) is 83.9 cm³/mol. The zero-order valence-electron chi connectivity index (χ0n) is 11.6. The molecule has 0 saturated heterocycles. The average molecular weight is 320 g/mol. The van der Waals surface area contributed by atoms with Gasteiger partial charge in [0.15, 0.2) is 9.84 Å². The Bertz CT molecular complexity index is 731. The fourth-order valence-corrected chi connectivity index (χ4v) is 3.90. The van der Waals surface area contributed by atoms with E-state index in [4.69, 9.17) is 5.26 Å². The molecule has 0 bridgehead atoms. The molecule has 1 aromatic carbocycles. The van der Waals surface area contributed by atoms with Crippen molar-refractivity contribution >= 4 is 21.2 Å². The number of rotatable bonds is 6. The summed E-state index contributed by atoms with van der Waals surface area (Å²) in [5.74, 6) is 0.0115. The summed E-state index contributed by atoms with van der Waals surface area (Å²) < 4.78 is 24.4. The zero-order chi connectivity index (χ0) is 15.3. The second-order valence-electron chi connectivity index (χ2n) is 4.65. The van der Waals surface area contributed by atoms with Gasteiger partial charge in [-0.15, -0.1) is 11.3 Å². The van der Waals surface area contributed by atoms with Crippen molar-refractivity contribution < 1.29 is 8.42 Å². The molecule has 0 aliphatic rings. The van der Waals surface area contributed by atoms with E-state index >= 15 is 0 Å². The Hall–Kier alpha value is -1.68. The summed E-state index contributed by atoms with van der Waals surface area (Å²) in [5.41, 5.74) is 0.357. The second kappa shape index (κ2) is 6.85. The molecule has 0 unspecified atom stereocenters. The third-order valence-electron chi connectivity index (χ3n) is 3.11. The number of hydrogen-bond donors (Lipinski definition) is 1. The van der Waals surface area contributed by atoms with Crippen LogP contribution in [0.25, 0.3) is 0 Å². The third kappa shape index (κ3) is 4.14. The van der Waals surface area contributed by atoms with Crippen LogP contribution in [0.4, 0.5) is 0 Å². The highest BCUT2D eigenvalue weighted by molar-refractivity contribution is 7.91. The summed E-state index contributed by atoms with van der Waals surface area (Å²) in [6, 6.07) is 12.2. The van der Waals surface area contributed by atoms with Crippen LogP contribution in [0.1, 0.15) is 23.4 Å². The summed E-state index contributed by atoms with van der Waals surface area (Å²) in [7, 11) is -3.37. The summed E-state index contributed by atoms with van der Waals surface area (Å²) in [4.78, 5) is 1.38. The standard InChI is InChI=1S/C15H16N2O2S2/c1-12(15-6-3-8-20-15)17-7-9-21(18,19)14-5-2-4-13(10-14)11-16/h2-6,8,10,12,17H,7,9H2,1H3/t12-/m0/s1. The molecule has 0 aliphatic heterocycles. The maximum atomic E-state index is 12.2. The number of hydrogen-bond acceptors (Lipinski definition) is 5. The fraction of sp³-hybridized carbons (Fsp3) is 0.267. The van der Waals surface area contributed by atoms with Gasteiger partial charge in [-0.1, -0.05) is 12.1 Å². The van der Waals surface area contributed by atoms with Gasteiger partial charge in [0.2, 0.25) is 0 Å². The first-order valence-corrected chi connectivity index (χ1v) is 9.06. The van der Waals surface area contributed by atoms with Gasteiger partial charge < -0.3 is 5.32 Å². The van der Waals surface area contributed by atoms with Gasteiger partial charge in [-0.05, 0) is 36.6 Å². The number of sulfone groups is 1. The molecule has 1 heterocycles. The van der Waals surface area contributed by atoms with Gasteiger partial charge in [-0.2, -0.15) is 5.26 Å². The van der Waals surface area contributed by atoms with Gasteiger partial charge >= 0.3 is 0 Å². The molecule has 6 heteroatoms. The van der Waals surface area contributed by atoms with Crippen molar-refractivity contribution in [1.82, 2.24) is 5.32 Å². The Morgan fingerprint density at radius 1 is 1.33 bits per heavy atom. The lowest BCUT2D eigenvalue weighted by Crippen LogP contribution is -2.25. The van der Waals surface area contributed by atoms with Crippen LogP contribution in [-0.4, -0.2) is 20.7 Å². The zero-order valence-corrected chi connectivity index (χ0v) is 13.2. The number of nitriles is 1. The maximum Gasteiger partial charge on any atom is 0.179 e. The topological polar surface area (TPSA) is 70.0 Å². The van der Waals surface area contributed by atoms with Crippen LogP contribution < -0.4 is 5.32 Å². The first-order valence-electron chi connectivity index (χ1n) is 6.52. The first kappa shape index (κ1) is 15.7. The van der Waals surface area contributed by atoms with Crippen LogP contribution in [0.15, 0.2) is 46.7 Å². The molecule has 110 valence electrons. The van der Waals surface area contributed by atoms with E-state index in [-0.39, 0.29) is 16.7 Å². The molecule has 4 nitrogen and oxygen atoms in total. The molecule has 1 aromatic heterocycles. The molecule has 1 N–H and O–H groups in total. The molecule has 1 atom stereocenters. The van der Waals surface area contributed by atoms with E-state index in [9.17, 15) is 8.42 Å². The van der Waals surface area contributed by atoms with Gasteiger partial charge in [0, 0.05) is 17.5 Å². The lowest BCUT2D eigenvalue weighted by molar-refractivity contribution is 0.575. The van der Waals surface area contributed by atoms with Crippen LogP contribution in [0.2, 0.25) is 0 Å². The maximum absolute atomic E-state index is 12.2. The van der Waals surface area contributed by atoms with Crippen LogP contribution in [0.3, 0.4) is 0 Å². The van der Waals surface area contributed by atoms with Crippen LogP contribution in [0, 0.1) is 11.3 Å². The van der Waals surface area contributed by atoms with Crippen LogP contribution >= 0.6 is 11.3 Å². The number of thiophene rings is 1. The van der Waals surface area contributed by atoms with Gasteiger partial charge in [0.1, 0.15) is 0 Å². The molecular formula is C15H16N2O2S2. The Kier molecular flexibility index (Phi) is 5.12. The minimum absolute atomic E-state index is 0.0115. The summed E-state index contributed by atoms with van der Waals surface area (Å²) in [6.07, 6.45) is 0. The van der Waals surface area contributed by atoms with Crippen LogP contribution in [0.5, 0.6) is 0 Å². The van der Waals surface area contributed by atoms with Crippen LogP contribution in [-0.2, 0) is 9.84 Å². The molecular weight excluding hydrogens is 304 g/mol. The van der Waals surface area contributed by atoms with E-state index in [2.05, 4.69) is 5.32 Å². The highest BCUT2D eigenvalue weighted by Gasteiger charge is 2.15. The molecule has 0 aliphatic carbocycles. The van der Waals surface area contributed by atoms with E-state index in [1.54, 1.807) is 23.5 Å². The van der Waals surface area contributed by atoms with Crippen molar-refractivity contribution in [1.29, 1.82) is 5.26 Å². The van der Waals surface area contributed by atoms with Crippen molar-refractivity contribution in [3.8, 4) is 6.07 Å². The van der Waals surface area contributed by atoms with Crippen molar-refractivity contribution in [2.24, 2.45) is 0 Å². The lowest BCUT2D eigenvalue weighted by Gasteiger charge is -2.12. The molecule has 0 fully saturated rings. The van der Waals surface area contributed by atoms with E-state index in [1.165, 1.54) is 17.0 Å². The van der Waals surface area contributed by atoms with E-state index in [0.717, 1.165) is 0 Å². The van der Waals surface area contributed by atoms with Gasteiger partial charge in [0.25, 0.3) is 0 Å². The van der Waals surface area contributed by atoms with Gasteiger partial charge in [0.05, 0.1) is 22.3 Å². The molecule has 2 aromatic rings. The number of benzene rings is 1. The highest BCUT2D eigenvalue weighted by Crippen LogP contribution is 2.18. The molecule has 21 heavy (non-hydrogen) atoms. The molecule has 0 spiro atoms. The van der Waals surface area contributed by atoms with E-state index < -0.39 is 9.84 Å². The molecule has 0 saturated carbocycles. The predicted octanol–water partition coefficient (Wildman–Crippen LogP) is 2.74. The summed E-state index contributed by atoms with van der Waals surface area (Å²) in [6.45, 7) is 2.38. The molecule has 0 radical (unpaired) electrons. The minimum atomic E-state index is -3.37. The van der Waals surface area contributed by atoms with E-state index in [1.807, 2.05) is 30.5 Å². The van der Waals surface area contributed by atoms with Crippen molar-refractivity contribution in [3.63, 3.8) is 0 Å². The smallest absolute Gasteiger partial charge is 0.179 e. The van der Waals surface area contributed by atoms with Crippen molar-refractivity contribution in [2.75, 3.05) is 12.3 Å². The Morgan fingerprint density at radius 3 is 2.81 bits per heavy atom. The summed E-state index contributed by atoms with van der Waals surface area (Å²) in [5, 5.41) is 14.0. The molecule has 0 amide bonds. The number of nitrogens with zero attached hydrogens (tertiary/aromatic N) is 1. The fourth-order valence-electron chi connectivity index (χ4n) is 1.92. The third-order valence-corrected chi connectivity index (χ3v) is 5.88. The highest BCUT2D eigenvalue weighted by atomic mass is 32.2.